The third-order valence-corrected chi connectivity index (χ3v) is 4.13. The monoisotopic (exact) mass is 316 g/mol. The van der Waals surface area contributed by atoms with Crippen molar-refractivity contribution < 1.29 is 9.53 Å². The van der Waals surface area contributed by atoms with Crippen LogP contribution in [0, 0.1) is 0 Å². The topological polar surface area (TPSA) is 41.6 Å². The number of hydrogen-bond donors (Lipinski definition) is 1. The van der Waals surface area contributed by atoms with Crippen molar-refractivity contribution in [1.82, 2.24) is 10.2 Å². The zero-order valence-electron chi connectivity index (χ0n) is 11.6. The van der Waals surface area contributed by atoms with Crippen molar-refractivity contribution in [3.05, 3.63) is 27.7 Å². The quantitative estimate of drug-likeness (QED) is 0.932. The van der Waals surface area contributed by atoms with Crippen LogP contribution in [-0.2, 0) is 0 Å². The summed E-state index contributed by atoms with van der Waals surface area (Å²) in [7, 11) is 3.41. The highest BCUT2D eigenvalue weighted by atomic mass is 35.5. The molecule has 0 spiro atoms. The number of benzene rings is 1. The van der Waals surface area contributed by atoms with Crippen LogP contribution in [0.25, 0.3) is 0 Å². The third kappa shape index (κ3) is 3.19. The number of ether oxygens (including phenoxy) is 1. The van der Waals surface area contributed by atoms with E-state index in [1.165, 1.54) is 7.11 Å². The molecule has 1 saturated heterocycles. The molecule has 2 rings (SSSR count). The van der Waals surface area contributed by atoms with Crippen LogP contribution in [0.1, 0.15) is 23.2 Å². The standard InChI is InChI=1S/C14H18Cl2N2O2/c1-17-10-4-3-5-18(8-10)14(19)9-6-11(15)13(20-2)12(16)7-9/h6-7,10,17H,3-5,8H2,1-2H3. The summed E-state index contributed by atoms with van der Waals surface area (Å²) in [5.41, 5.74) is 0.498. The van der Waals surface area contributed by atoms with Gasteiger partial charge in [0.05, 0.1) is 17.2 Å². The maximum absolute atomic E-state index is 12.5. The van der Waals surface area contributed by atoms with E-state index in [-0.39, 0.29) is 5.91 Å². The van der Waals surface area contributed by atoms with Crippen LogP contribution in [0.15, 0.2) is 12.1 Å². The van der Waals surface area contributed by atoms with E-state index in [4.69, 9.17) is 27.9 Å². The molecule has 1 aromatic rings. The average Bonchev–Trinajstić information content (AvgIpc) is 2.46. The van der Waals surface area contributed by atoms with Crippen molar-refractivity contribution in [2.24, 2.45) is 0 Å². The van der Waals surface area contributed by atoms with E-state index in [1.807, 2.05) is 11.9 Å². The summed E-state index contributed by atoms with van der Waals surface area (Å²) in [5, 5.41) is 3.92. The molecule has 1 aromatic carbocycles. The molecule has 0 bridgehead atoms. The van der Waals surface area contributed by atoms with Gasteiger partial charge in [-0.25, -0.2) is 0 Å². The van der Waals surface area contributed by atoms with Crippen molar-refractivity contribution >= 4 is 29.1 Å². The molecule has 1 unspecified atom stereocenters. The first-order valence-electron chi connectivity index (χ1n) is 6.56. The second-order valence-electron chi connectivity index (χ2n) is 4.85. The number of piperidine rings is 1. The zero-order chi connectivity index (χ0) is 14.7. The lowest BCUT2D eigenvalue weighted by Crippen LogP contribution is -2.46. The van der Waals surface area contributed by atoms with Gasteiger partial charge in [0.1, 0.15) is 0 Å². The maximum atomic E-state index is 12.5. The van der Waals surface area contributed by atoms with E-state index < -0.39 is 0 Å². The van der Waals surface area contributed by atoms with Crippen molar-refractivity contribution in [3.63, 3.8) is 0 Å². The molecule has 1 atom stereocenters. The Hall–Kier alpha value is -0.970. The van der Waals surface area contributed by atoms with E-state index in [1.54, 1.807) is 12.1 Å². The number of nitrogens with one attached hydrogen (secondary N) is 1. The summed E-state index contributed by atoms with van der Waals surface area (Å²) in [4.78, 5) is 14.3. The van der Waals surface area contributed by atoms with Gasteiger partial charge in [-0.05, 0) is 32.0 Å². The summed E-state index contributed by atoms with van der Waals surface area (Å²) in [5.74, 6) is 0.355. The van der Waals surface area contributed by atoms with Crippen LogP contribution in [0.3, 0.4) is 0 Å². The first kappa shape index (κ1) is 15.4. The highest BCUT2D eigenvalue weighted by Gasteiger charge is 2.24. The number of hydrogen-bond acceptors (Lipinski definition) is 3. The highest BCUT2D eigenvalue weighted by Crippen LogP contribution is 2.34. The lowest BCUT2D eigenvalue weighted by atomic mass is 10.0. The fourth-order valence-corrected chi connectivity index (χ4v) is 3.10. The number of halogens is 2. The second-order valence-corrected chi connectivity index (χ2v) is 5.67. The molecule has 1 heterocycles. The summed E-state index contributed by atoms with van der Waals surface area (Å²) >= 11 is 12.2. The lowest BCUT2D eigenvalue weighted by Gasteiger charge is -2.32. The average molecular weight is 317 g/mol. The predicted octanol–water partition coefficient (Wildman–Crippen LogP) is 2.83. The second kappa shape index (κ2) is 6.66. The van der Waals surface area contributed by atoms with Gasteiger partial charge in [0.15, 0.2) is 5.75 Å². The summed E-state index contributed by atoms with van der Waals surface area (Å²) in [6.07, 6.45) is 2.08. The Morgan fingerprint density at radius 2 is 2.05 bits per heavy atom. The van der Waals surface area contributed by atoms with Gasteiger partial charge < -0.3 is 15.0 Å². The fraction of sp³-hybridized carbons (Fsp3) is 0.500. The van der Waals surface area contributed by atoms with Crippen LogP contribution in [0.5, 0.6) is 5.75 Å². The predicted molar refractivity (Wildman–Crippen MR) is 81.0 cm³/mol. The molecular formula is C14H18Cl2N2O2. The molecule has 0 aromatic heterocycles. The summed E-state index contributed by atoms with van der Waals surface area (Å²) in [6, 6.07) is 3.56. The fourth-order valence-electron chi connectivity index (χ4n) is 2.46. The Kier molecular flexibility index (Phi) is 5.13. The molecule has 1 aliphatic rings. The Balaban J connectivity index is 2.21. The number of rotatable bonds is 3. The number of nitrogens with zero attached hydrogens (tertiary/aromatic N) is 1. The van der Waals surface area contributed by atoms with Gasteiger partial charge in [-0.15, -0.1) is 0 Å². The largest absolute Gasteiger partial charge is 0.494 e. The van der Waals surface area contributed by atoms with Gasteiger partial charge in [-0.3, -0.25) is 4.79 Å². The van der Waals surface area contributed by atoms with Crippen LogP contribution in [0.4, 0.5) is 0 Å². The molecule has 1 aliphatic heterocycles. The van der Waals surface area contributed by atoms with Crippen molar-refractivity contribution in [2.45, 2.75) is 18.9 Å². The van der Waals surface area contributed by atoms with Gasteiger partial charge in [0.2, 0.25) is 0 Å². The van der Waals surface area contributed by atoms with E-state index in [9.17, 15) is 4.79 Å². The maximum Gasteiger partial charge on any atom is 0.254 e. The van der Waals surface area contributed by atoms with Gasteiger partial charge in [-0.1, -0.05) is 23.2 Å². The Morgan fingerprint density at radius 1 is 1.40 bits per heavy atom. The molecule has 0 saturated carbocycles. The van der Waals surface area contributed by atoms with Gasteiger partial charge in [-0.2, -0.15) is 0 Å². The first-order chi connectivity index (χ1) is 9.56. The molecule has 1 fully saturated rings. The van der Waals surface area contributed by atoms with Gasteiger partial charge in [0.25, 0.3) is 5.91 Å². The number of methoxy groups -OCH3 is 1. The minimum absolute atomic E-state index is 0.0450. The Bertz CT molecular complexity index is 485. The van der Waals surface area contributed by atoms with Crippen molar-refractivity contribution in [2.75, 3.05) is 27.2 Å². The highest BCUT2D eigenvalue weighted by molar-refractivity contribution is 6.37. The SMILES string of the molecule is CNC1CCCN(C(=O)c2cc(Cl)c(OC)c(Cl)c2)C1. The zero-order valence-corrected chi connectivity index (χ0v) is 13.1. The molecule has 6 heteroatoms. The van der Waals surface area contributed by atoms with Gasteiger partial charge >= 0.3 is 0 Å². The number of likely N-dealkylation sites (N-methyl/N-ethyl adjacent to an activating group) is 1. The molecule has 1 amide bonds. The summed E-state index contributed by atoms with van der Waals surface area (Å²) in [6.45, 7) is 1.47. The third-order valence-electron chi connectivity index (χ3n) is 3.57. The Morgan fingerprint density at radius 3 is 2.60 bits per heavy atom. The molecule has 0 aliphatic carbocycles. The molecular weight excluding hydrogens is 299 g/mol. The van der Waals surface area contributed by atoms with Crippen LogP contribution in [-0.4, -0.2) is 44.1 Å². The van der Waals surface area contributed by atoms with Crippen LogP contribution < -0.4 is 10.1 Å². The van der Waals surface area contributed by atoms with E-state index >= 15 is 0 Å². The normalized spacial score (nSPS) is 19.0. The first-order valence-corrected chi connectivity index (χ1v) is 7.32. The number of amides is 1. The smallest absolute Gasteiger partial charge is 0.254 e. The molecule has 110 valence electrons. The van der Waals surface area contributed by atoms with Crippen LogP contribution in [0.2, 0.25) is 10.0 Å². The van der Waals surface area contributed by atoms with E-state index in [0.717, 1.165) is 19.4 Å². The van der Waals surface area contributed by atoms with Crippen molar-refractivity contribution in [1.29, 1.82) is 0 Å². The van der Waals surface area contributed by atoms with E-state index in [0.29, 0.717) is 33.9 Å². The number of carbonyl (C=O) groups excluding carboxylic acids is 1. The molecule has 4 nitrogen and oxygen atoms in total. The number of carbonyl (C=O) groups is 1. The minimum atomic E-state index is -0.0450. The minimum Gasteiger partial charge on any atom is -0.494 e. The summed E-state index contributed by atoms with van der Waals surface area (Å²) < 4.78 is 5.09. The van der Waals surface area contributed by atoms with Crippen LogP contribution >= 0.6 is 23.2 Å². The molecule has 0 radical (unpaired) electrons. The van der Waals surface area contributed by atoms with Crippen molar-refractivity contribution in [3.8, 4) is 5.75 Å². The molecule has 20 heavy (non-hydrogen) atoms. The van der Waals surface area contributed by atoms with Gasteiger partial charge in [0, 0.05) is 24.7 Å². The Labute approximate surface area is 129 Å². The molecule has 1 N–H and O–H groups in total. The van der Waals surface area contributed by atoms with E-state index in [2.05, 4.69) is 5.32 Å². The number of likely N-dealkylation sites (tertiary alicyclic amines) is 1. The lowest BCUT2D eigenvalue weighted by molar-refractivity contribution is 0.0698.